The maximum atomic E-state index is 13.3. The summed E-state index contributed by atoms with van der Waals surface area (Å²) in [6, 6.07) is 15.4. The molecule has 0 aliphatic carbocycles. The molecule has 0 N–H and O–H groups in total. The van der Waals surface area contributed by atoms with E-state index in [1.807, 2.05) is 31.2 Å². The van der Waals surface area contributed by atoms with Crippen LogP contribution < -0.4 is 0 Å². The summed E-state index contributed by atoms with van der Waals surface area (Å²) >= 11 is 2.17. The Morgan fingerprint density at radius 3 is 2.33 bits per heavy atom. The molecule has 2 heterocycles. The summed E-state index contributed by atoms with van der Waals surface area (Å²) in [5, 5.41) is 0. The minimum absolute atomic E-state index is 0.281. The van der Waals surface area contributed by atoms with Crippen molar-refractivity contribution in [3.8, 4) is 0 Å². The molecule has 3 aromatic rings. The van der Waals surface area contributed by atoms with Crippen molar-refractivity contribution >= 4 is 44.0 Å². The lowest BCUT2D eigenvalue weighted by molar-refractivity contribution is 0.586. The first kappa shape index (κ1) is 21.1. The highest BCUT2D eigenvalue weighted by molar-refractivity contribution is 14.1. The van der Waals surface area contributed by atoms with Gasteiger partial charge in [-0.3, -0.25) is 0 Å². The van der Waals surface area contributed by atoms with E-state index in [-0.39, 0.29) is 4.90 Å². The fourth-order valence-corrected chi connectivity index (χ4v) is 5.77. The second-order valence-corrected chi connectivity index (χ2v) is 10.7. The Hall–Kier alpha value is -2.19. The number of aromatic nitrogens is 1. The van der Waals surface area contributed by atoms with Crippen molar-refractivity contribution in [2.24, 2.45) is 4.99 Å². The lowest BCUT2D eigenvalue weighted by atomic mass is 10.00. The van der Waals surface area contributed by atoms with Gasteiger partial charge in [-0.2, -0.15) is 0 Å². The van der Waals surface area contributed by atoms with E-state index in [2.05, 4.69) is 60.7 Å². The quantitative estimate of drug-likeness (QED) is 0.389. The molecule has 6 heteroatoms. The minimum Gasteiger partial charge on any atom is -0.245 e. The van der Waals surface area contributed by atoms with Gasteiger partial charge in [-0.1, -0.05) is 61.9 Å². The first-order valence-corrected chi connectivity index (χ1v) is 12.4. The minimum atomic E-state index is -3.68. The lowest BCUT2D eigenvalue weighted by Crippen LogP contribution is -2.14. The molecule has 0 unspecified atom stereocenters. The number of aliphatic imine (C=N–C) groups is 1. The number of halogens is 1. The SMILES string of the molecule is Cc1ccc(S(=O)(=O)n2cc(I)c3c2CC=CC(c2ccc(C(C)C)cc2)=N3)cc1. The molecule has 0 bridgehead atoms. The van der Waals surface area contributed by atoms with E-state index < -0.39 is 10.0 Å². The van der Waals surface area contributed by atoms with Crippen molar-refractivity contribution in [3.05, 3.63) is 92.8 Å². The third-order valence-electron chi connectivity index (χ3n) is 5.27. The molecule has 4 rings (SSSR count). The number of nitrogens with zero attached hydrogens (tertiary/aromatic N) is 2. The Bertz CT molecular complexity index is 1250. The zero-order valence-electron chi connectivity index (χ0n) is 17.1. The first-order valence-electron chi connectivity index (χ1n) is 9.85. The van der Waals surface area contributed by atoms with Crippen LogP contribution in [0.25, 0.3) is 0 Å². The van der Waals surface area contributed by atoms with Gasteiger partial charge < -0.3 is 0 Å². The van der Waals surface area contributed by atoms with Gasteiger partial charge in [-0.05, 0) is 59.2 Å². The molecule has 2 aromatic carbocycles. The normalized spacial score (nSPS) is 13.8. The fraction of sp³-hybridized carbons (Fsp3) is 0.208. The molecule has 0 atom stereocenters. The summed E-state index contributed by atoms with van der Waals surface area (Å²) in [5.74, 6) is 0.472. The Morgan fingerprint density at radius 2 is 1.70 bits per heavy atom. The van der Waals surface area contributed by atoms with Crippen molar-refractivity contribution in [1.29, 1.82) is 0 Å². The van der Waals surface area contributed by atoms with Gasteiger partial charge in [-0.15, -0.1) is 0 Å². The van der Waals surface area contributed by atoms with E-state index in [9.17, 15) is 8.42 Å². The van der Waals surface area contributed by atoms with E-state index in [1.165, 1.54) is 9.54 Å². The lowest BCUT2D eigenvalue weighted by Gasteiger charge is -2.10. The third-order valence-corrected chi connectivity index (χ3v) is 7.77. The number of hydrogen-bond donors (Lipinski definition) is 0. The van der Waals surface area contributed by atoms with E-state index in [1.54, 1.807) is 18.3 Å². The number of rotatable bonds is 4. The predicted molar refractivity (Wildman–Crippen MR) is 130 cm³/mol. The number of allylic oxidation sites excluding steroid dienone is 2. The van der Waals surface area contributed by atoms with Crippen molar-refractivity contribution in [2.45, 2.75) is 38.0 Å². The summed E-state index contributed by atoms with van der Waals surface area (Å²) in [5.41, 5.74) is 5.57. The topological polar surface area (TPSA) is 51.4 Å². The molecule has 0 fully saturated rings. The van der Waals surface area contributed by atoms with Crippen LogP contribution in [0.15, 0.2) is 76.8 Å². The third kappa shape index (κ3) is 3.90. The molecule has 1 aliphatic rings. The van der Waals surface area contributed by atoms with Gasteiger partial charge in [0.05, 0.1) is 25.6 Å². The Labute approximate surface area is 191 Å². The summed E-state index contributed by atoms with van der Waals surface area (Å²) in [6.45, 7) is 6.28. The molecule has 0 saturated carbocycles. The zero-order valence-corrected chi connectivity index (χ0v) is 20.1. The molecule has 30 heavy (non-hydrogen) atoms. The highest BCUT2D eigenvalue weighted by Crippen LogP contribution is 2.34. The molecule has 4 nitrogen and oxygen atoms in total. The van der Waals surface area contributed by atoms with Crippen LogP contribution in [0.5, 0.6) is 0 Å². The van der Waals surface area contributed by atoms with Crippen LogP contribution in [0.2, 0.25) is 0 Å². The van der Waals surface area contributed by atoms with E-state index in [0.717, 1.165) is 26.1 Å². The highest BCUT2D eigenvalue weighted by atomic mass is 127. The standard InChI is InChI=1S/C24H23IN2O2S/c1-16(2)18-9-11-19(12-10-18)22-5-4-6-23-24(26-22)21(25)15-27(23)30(28,29)20-13-7-17(3)8-14-20/h4-5,7-16H,6H2,1-3H3. The maximum Gasteiger partial charge on any atom is 0.267 e. The molecule has 0 saturated heterocycles. The summed E-state index contributed by atoms with van der Waals surface area (Å²) in [7, 11) is -3.68. The van der Waals surface area contributed by atoms with Crippen molar-refractivity contribution in [3.63, 3.8) is 0 Å². The summed E-state index contributed by atoms with van der Waals surface area (Å²) in [4.78, 5) is 5.14. The van der Waals surface area contributed by atoms with Crippen LogP contribution in [-0.4, -0.2) is 18.1 Å². The molecule has 0 radical (unpaired) electrons. The van der Waals surface area contributed by atoms with E-state index >= 15 is 0 Å². The maximum absolute atomic E-state index is 13.3. The van der Waals surface area contributed by atoms with Crippen molar-refractivity contribution < 1.29 is 8.42 Å². The second kappa shape index (κ2) is 8.15. The molecule has 0 amide bonds. The van der Waals surface area contributed by atoms with Crippen LogP contribution in [0.4, 0.5) is 5.69 Å². The first-order chi connectivity index (χ1) is 14.3. The Balaban J connectivity index is 1.79. The smallest absolute Gasteiger partial charge is 0.245 e. The van der Waals surface area contributed by atoms with Crippen LogP contribution in [0.3, 0.4) is 0 Å². The summed E-state index contributed by atoms with van der Waals surface area (Å²) in [6.07, 6.45) is 6.13. The largest absolute Gasteiger partial charge is 0.267 e. The van der Waals surface area contributed by atoms with Gasteiger partial charge in [0, 0.05) is 18.2 Å². The van der Waals surface area contributed by atoms with Crippen LogP contribution in [0, 0.1) is 10.5 Å². The fourth-order valence-electron chi connectivity index (χ4n) is 3.47. The molecular formula is C24H23IN2O2S. The van der Waals surface area contributed by atoms with Crippen molar-refractivity contribution in [1.82, 2.24) is 3.97 Å². The Kier molecular flexibility index (Phi) is 5.72. The Morgan fingerprint density at radius 1 is 1.03 bits per heavy atom. The number of hydrogen-bond acceptors (Lipinski definition) is 3. The molecule has 0 spiro atoms. The molecular weight excluding hydrogens is 507 g/mol. The average molecular weight is 530 g/mol. The molecule has 1 aliphatic heterocycles. The monoisotopic (exact) mass is 530 g/mol. The number of aryl methyl sites for hydroxylation is 1. The van der Waals surface area contributed by atoms with Crippen LogP contribution in [-0.2, 0) is 16.4 Å². The van der Waals surface area contributed by atoms with Gasteiger partial charge >= 0.3 is 0 Å². The van der Waals surface area contributed by atoms with Gasteiger partial charge in [0.15, 0.2) is 0 Å². The predicted octanol–water partition coefficient (Wildman–Crippen LogP) is 5.99. The second-order valence-electron chi connectivity index (χ2n) is 7.77. The highest BCUT2D eigenvalue weighted by Gasteiger charge is 2.25. The molecule has 154 valence electrons. The number of fused-ring (bicyclic) bond motifs is 1. The van der Waals surface area contributed by atoms with Gasteiger partial charge in [0.2, 0.25) is 0 Å². The van der Waals surface area contributed by atoms with Crippen LogP contribution >= 0.6 is 22.6 Å². The molecule has 1 aromatic heterocycles. The summed E-state index contributed by atoms with van der Waals surface area (Å²) < 4.78 is 28.8. The average Bonchev–Trinajstić information content (AvgIpc) is 2.90. The van der Waals surface area contributed by atoms with Gasteiger partial charge in [-0.25, -0.2) is 17.4 Å². The van der Waals surface area contributed by atoms with Gasteiger partial charge in [0.1, 0.15) is 0 Å². The van der Waals surface area contributed by atoms with Gasteiger partial charge in [0.25, 0.3) is 10.0 Å². The van der Waals surface area contributed by atoms with Crippen molar-refractivity contribution in [2.75, 3.05) is 0 Å². The van der Waals surface area contributed by atoms with E-state index in [0.29, 0.717) is 18.0 Å². The van der Waals surface area contributed by atoms with Crippen LogP contribution in [0.1, 0.15) is 42.1 Å². The van der Waals surface area contributed by atoms with E-state index in [4.69, 9.17) is 4.99 Å². The number of benzene rings is 2. The zero-order chi connectivity index (χ0) is 21.5.